The molecule has 4 heteroatoms. The van der Waals surface area contributed by atoms with Crippen LogP contribution in [0.4, 0.5) is 4.39 Å². The quantitative estimate of drug-likeness (QED) is 0.671. The molecule has 2 aromatic rings. The van der Waals surface area contributed by atoms with Crippen LogP contribution in [-0.2, 0) is 0 Å². The van der Waals surface area contributed by atoms with Gasteiger partial charge in [-0.3, -0.25) is 4.79 Å². The molecule has 1 N–H and O–H groups in total. The van der Waals surface area contributed by atoms with Gasteiger partial charge in [0.25, 0.3) is 5.91 Å². The Morgan fingerprint density at radius 2 is 1.75 bits per heavy atom. The molecule has 0 radical (unpaired) electrons. The Kier molecular flexibility index (Phi) is 4.78. The third-order valence-corrected chi connectivity index (χ3v) is 2.52. The van der Waals surface area contributed by atoms with Gasteiger partial charge in [0.1, 0.15) is 5.82 Å². The third kappa shape index (κ3) is 4.17. The van der Waals surface area contributed by atoms with Gasteiger partial charge in [0.15, 0.2) is 0 Å². The Labute approximate surface area is 116 Å². The third-order valence-electron chi connectivity index (χ3n) is 2.52. The van der Waals surface area contributed by atoms with E-state index in [2.05, 4.69) is 10.5 Å². The van der Waals surface area contributed by atoms with E-state index in [1.165, 1.54) is 30.5 Å². The molecule has 3 nitrogen and oxygen atoms in total. The molecule has 0 atom stereocenters. The second-order valence-corrected chi connectivity index (χ2v) is 4.00. The Bertz CT molecular complexity index is 619. The first-order valence-electron chi connectivity index (χ1n) is 6.06. The van der Waals surface area contributed by atoms with Gasteiger partial charge in [0.05, 0.1) is 0 Å². The summed E-state index contributed by atoms with van der Waals surface area (Å²) < 4.78 is 12.7. The van der Waals surface area contributed by atoms with Crippen molar-refractivity contribution in [3.05, 3.63) is 77.6 Å². The Morgan fingerprint density at radius 1 is 1.05 bits per heavy atom. The molecule has 2 aromatic carbocycles. The summed E-state index contributed by atoms with van der Waals surface area (Å²) in [5.74, 6) is -0.759. The highest BCUT2D eigenvalue weighted by Gasteiger charge is 2.02. The first-order valence-corrected chi connectivity index (χ1v) is 6.06. The van der Waals surface area contributed by atoms with E-state index < -0.39 is 0 Å². The van der Waals surface area contributed by atoms with Crippen molar-refractivity contribution >= 4 is 18.2 Å². The number of benzene rings is 2. The molecular weight excluding hydrogens is 255 g/mol. The molecule has 0 heterocycles. The molecule has 0 aliphatic carbocycles. The predicted octanol–water partition coefficient (Wildman–Crippen LogP) is 3.25. The lowest BCUT2D eigenvalue weighted by atomic mass is 10.2. The van der Waals surface area contributed by atoms with Crippen LogP contribution in [0.3, 0.4) is 0 Å². The molecule has 100 valence electrons. The molecule has 0 aliphatic heterocycles. The summed E-state index contributed by atoms with van der Waals surface area (Å²) in [6.07, 6.45) is 5.07. The molecular formula is C16H13FN2O. The molecule has 0 aromatic heterocycles. The Morgan fingerprint density at radius 3 is 2.45 bits per heavy atom. The minimum Gasteiger partial charge on any atom is -0.267 e. The average molecular weight is 268 g/mol. The van der Waals surface area contributed by atoms with Crippen LogP contribution in [0.15, 0.2) is 65.8 Å². The van der Waals surface area contributed by atoms with Gasteiger partial charge in [-0.05, 0) is 35.9 Å². The van der Waals surface area contributed by atoms with Crippen molar-refractivity contribution < 1.29 is 9.18 Å². The number of halogens is 1. The fourth-order valence-corrected chi connectivity index (χ4v) is 1.52. The maximum absolute atomic E-state index is 12.7. The van der Waals surface area contributed by atoms with Gasteiger partial charge in [-0.2, -0.15) is 5.10 Å². The second kappa shape index (κ2) is 6.99. The molecule has 0 saturated heterocycles. The summed E-state index contributed by atoms with van der Waals surface area (Å²) in [5, 5.41) is 3.78. The molecule has 0 spiro atoms. The van der Waals surface area contributed by atoms with Gasteiger partial charge in [-0.1, -0.05) is 36.4 Å². The molecule has 0 aliphatic rings. The molecule has 0 saturated carbocycles. The Balaban J connectivity index is 1.86. The number of nitrogens with zero attached hydrogens (tertiary/aromatic N) is 1. The molecule has 0 unspecified atom stereocenters. The smallest absolute Gasteiger partial charge is 0.267 e. The van der Waals surface area contributed by atoms with Crippen molar-refractivity contribution in [2.45, 2.75) is 0 Å². The monoisotopic (exact) mass is 268 g/mol. The van der Waals surface area contributed by atoms with E-state index in [0.29, 0.717) is 5.56 Å². The number of hydrogen-bond acceptors (Lipinski definition) is 2. The number of carbonyl (C=O) groups is 1. The van der Waals surface area contributed by atoms with Crippen molar-refractivity contribution in [3.63, 3.8) is 0 Å². The van der Waals surface area contributed by atoms with Crippen LogP contribution >= 0.6 is 0 Å². The maximum atomic E-state index is 12.7. The summed E-state index contributed by atoms with van der Waals surface area (Å²) in [5.41, 5.74) is 3.76. The maximum Gasteiger partial charge on any atom is 0.271 e. The summed E-state index contributed by atoms with van der Waals surface area (Å²) in [4.78, 5) is 11.6. The van der Waals surface area contributed by atoms with Gasteiger partial charge >= 0.3 is 0 Å². The number of hydrogen-bond donors (Lipinski definition) is 1. The van der Waals surface area contributed by atoms with Crippen molar-refractivity contribution in [3.8, 4) is 0 Å². The SMILES string of the molecule is O=C(NN=CC=Cc1ccccc1)c1ccc(F)cc1. The number of nitrogens with one attached hydrogen (secondary N) is 1. The average Bonchev–Trinajstić information content (AvgIpc) is 2.48. The fraction of sp³-hybridized carbons (Fsp3) is 0. The van der Waals surface area contributed by atoms with Crippen LogP contribution in [0.1, 0.15) is 15.9 Å². The Hall–Kier alpha value is -2.75. The standard InChI is InChI=1S/C16H13FN2O/c17-15-10-8-14(9-11-15)16(20)19-18-12-4-7-13-5-2-1-3-6-13/h1-12H,(H,19,20). The zero-order chi connectivity index (χ0) is 14.2. The number of rotatable bonds is 4. The van der Waals surface area contributed by atoms with Gasteiger partial charge in [0.2, 0.25) is 0 Å². The lowest BCUT2D eigenvalue weighted by Crippen LogP contribution is -2.17. The highest BCUT2D eigenvalue weighted by Crippen LogP contribution is 2.02. The van der Waals surface area contributed by atoms with Crippen molar-refractivity contribution in [1.82, 2.24) is 5.43 Å². The zero-order valence-corrected chi connectivity index (χ0v) is 10.7. The molecule has 1 amide bonds. The molecule has 0 bridgehead atoms. The first kappa shape index (κ1) is 13.7. The van der Waals surface area contributed by atoms with Gasteiger partial charge in [-0.15, -0.1) is 0 Å². The fourth-order valence-electron chi connectivity index (χ4n) is 1.52. The number of hydrazone groups is 1. The van der Waals surface area contributed by atoms with Crippen molar-refractivity contribution in [2.24, 2.45) is 5.10 Å². The summed E-state index contributed by atoms with van der Waals surface area (Å²) in [6, 6.07) is 15.0. The summed E-state index contributed by atoms with van der Waals surface area (Å²) in [7, 11) is 0. The topological polar surface area (TPSA) is 41.5 Å². The number of carbonyl (C=O) groups excluding carboxylic acids is 1. The second-order valence-electron chi connectivity index (χ2n) is 4.00. The van der Waals surface area contributed by atoms with Crippen LogP contribution < -0.4 is 5.43 Å². The highest BCUT2D eigenvalue weighted by molar-refractivity contribution is 5.94. The van der Waals surface area contributed by atoms with Gasteiger partial charge in [0, 0.05) is 11.8 Å². The van der Waals surface area contributed by atoms with Crippen LogP contribution in [0, 0.1) is 5.82 Å². The normalized spacial score (nSPS) is 11.1. The van der Waals surface area contributed by atoms with E-state index in [1.807, 2.05) is 36.4 Å². The van der Waals surface area contributed by atoms with Crippen LogP contribution in [0.2, 0.25) is 0 Å². The molecule has 20 heavy (non-hydrogen) atoms. The first-order chi connectivity index (χ1) is 9.75. The van der Waals surface area contributed by atoms with Crippen LogP contribution in [0.5, 0.6) is 0 Å². The lowest BCUT2D eigenvalue weighted by molar-refractivity contribution is 0.0955. The van der Waals surface area contributed by atoms with Crippen molar-refractivity contribution in [1.29, 1.82) is 0 Å². The van der Waals surface area contributed by atoms with Gasteiger partial charge in [-0.25, -0.2) is 9.82 Å². The lowest BCUT2D eigenvalue weighted by Gasteiger charge is -1.98. The highest BCUT2D eigenvalue weighted by atomic mass is 19.1. The van der Waals surface area contributed by atoms with E-state index in [9.17, 15) is 9.18 Å². The molecule has 2 rings (SSSR count). The van der Waals surface area contributed by atoms with E-state index in [1.54, 1.807) is 6.08 Å². The largest absolute Gasteiger partial charge is 0.271 e. The van der Waals surface area contributed by atoms with Crippen LogP contribution in [-0.4, -0.2) is 12.1 Å². The summed E-state index contributed by atoms with van der Waals surface area (Å²) >= 11 is 0. The van der Waals surface area contributed by atoms with E-state index in [-0.39, 0.29) is 11.7 Å². The number of amides is 1. The van der Waals surface area contributed by atoms with Crippen molar-refractivity contribution in [2.75, 3.05) is 0 Å². The predicted molar refractivity (Wildman–Crippen MR) is 77.8 cm³/mol. The zero-order valence-electron chi connectivity index (χ0n) is 10.7. The van der Waals surface area contributed by atoms with E-state index in [4.69, 9.17) is 0 Å². The minimum atomic E-state index is -0.380. The minimum absolute atomic E-state index is 0.357. The van der Waals surface area contributed by atoms with E-state index in [0.717, 1.165) is 5.56 Å². The van der Waals surface area contributed by atoms with Gasteiger partial charge < -0.3 is 0 Å². The summed E-state index contributed by atoms with van der Waals surface area (Å²) in [6.45, 7) is 0. The molecule has 0 fully saturated rings. The van der Waals surface area contributed by atoms with E-state index >= 15 is 0 Å². The van der Waals surface area contributed by atoms with Crippen LogP contribution in [0.25, 0.3) is 6.08 Å². The number of allylic oxidation sites excluding steroid dienone is 1.